The summed E-state index contributed by atoms with van der Waals surface area (Å²) in [5.41, 5.74) is 1.41. The van der Waals surface area contributed by atoms with Crippen molar-refractivity contribution in [1.29, 1.82) is 0 Å². The van der Waals surface area contributed by atoms with Gasteiger partial charge in [0.1, 0.15) is 6.04 Å². The average Bonchev–Trinajstić information content (AvgIpc) is 3.03. The molecule has 2 aliphatic rings. The van der Waals surface area contributed by atoms with Gasteiger partial charge in [-0.3, -0.25) is 24.1 Å². The molecule has 2 aromatic carbocycles. The minimum atomic E-state index is -1.26. The van der Waals surface area contributed by atoms with Gasteiger partial charge in [0.2, 0.25) is 23.6 Å². The van der Waals surface area contributed by atoms with Crippen LogP contribution in [0.25, 0.3) is 11.1 Å². The fourth-order valence-corrected chi connectivity index (χ4v) is 4.74. The van der Waals surface area contributed by atoms with E-state index in [0.717, 1.165) is 16.0 Å². The molecule has 7 nitrogen and oxygen atoms in total. The summed E-state index contributed by atoms with van der Waals surface area (Å²) < 4.78 is 0. The van der Waals surface area contributed by atoms with Gasteiger partial charge in [-0.1, -0.05) is 61.5 Å². The minimum Gasteiger partial charge on any atom is -0.353 e. The van der Waals surface area contributed by atoms with E-state index in [2.05, 4.69) is 5.32 Å². The summed E-state index contributed by atoms with van der Waals surface area (Å²) in [6.07, 6.45) is 0.287. The Morgan fingerprint density at radius 1 is 1.03 bits per heavy atom. The SMILES string of the molecule is CC[C@H]1C(=O)NCCN1C(=O)C[C@@]1(c2ccc(-c3ccccc3)cc2)CC(=O)N(C)C1=O. The number of benzene rings is 2. The Kier molecular flexibility index (Phi) is 5.82. The predicted octanol–water partition coefficient (Wildman–Crippen LogP) is 2.11. The molecule has 0 spiro atoms. The van der Waals surface area contributed by atoms with Gasteiger partial charge in [0.15, 0.2) is 0 Å². The van der Waals surface area contributed by atoms with Gasteiger partial charge in [-0.05, 0) is 23.1 Å². The second-order valence-electron chi connectivity index (χ2n) is 8.44. The zero-order valence-corrected chi connectivity index (χ0v) is 18.3. The highest BCUT2D eigenvalue weighted by Gasteiger charge is 2.53. The molecule has 0 aliphatic carbocycles. The van der Waals surface area contributed by atoms with E-state index in [9.17, 15) is 19.2 Å². The highest BCUT2D eigenvalue weighted by Crippen LogP contribution is 2.40. The standard InChI is InChI=1S/C25H27N3O4/c1-3-20-23(31)26-13-14-28(20)22(30)16-25(15-21(29)27(2)24(25)32)19-11-9-18(10-12-19)17-7-5-4-6-8-17/h4-12,20H,3,13-16H2,1-2H3,(H,26,31)/t20-,25+/m0/s1. The van der Waals surface area contributed by atoms with E-state index in [-0.39, 0.29) is 36.5 Å². The Morgan fingerprint density at radius 3 is 2.28 bits per heavy atom. The van der Waals surface area contributed by atoms with Crippen LogP contribution in [0.4, 0.5) is 0 Å². The normalized spacial score (nSPS) is 23.4. The molecule has 0 unspecified atom stereocenters. The van der Waals surface area contributed by atoms with Gasteiger partial charge >= 0.3 is 0 Å². The van der Waals surface area contributed by atoms with Crippen LogP contribution in [0, 0.1) is 0 Å². The number of carbonyl (C=O) groups is 4. The Balaban J connectivity index is 1.68. The lowest BCUT2D eigenvalue weighted by Gasteiger charge is -2.37. The monoisotopic (exact) mass is 433 g/mol. The molecular formula is C25H27N3O4. The lowest BCUT2D eigenvalue weighted by molar-refractivity contribution is -0.146. The van der Waals surface area contributed by atoms with E-state index in [1.54, 1.807) is 4.90 Å². The van der Waals surface area contributed by atoms with Gasteiger partial charge in [-0.2, -0.15) is 0 Å². The summed E-state index contributed by atoms with van der Waals surface area (Å²) in [5, 5.41) is 2.79. The minimum absolute atomic E-state index is 0.0599. The number of amides is 4. The van der Waals surface area contributed by atoms with Gasteiger partial charge in [0, 0.05) is 33.0 Å². The molecule has 7 heteroatoms. The van der Waals surface area contributed by atoms with Crippen LogP contribution in [0.2, 0.25) is 0 Å². The molecule has 2 atom stereocenters. The number of nitrogens with one attached hydrogen (secondary N) is 1. The third-order valence-corrected chi connectivity index (χ3v) is 6.58. The molecule has 4 amide bonds. The Bertz CT molecular complexity index is 1050. The van der Waals surface area contributed by atoms with E-state index < -0.39 is 11.5 Å². The van der Waals surface area contributed by atoms with Crippen molar-refractivity contribution in [3.8, 4) is 11.1 Å². The fourth-order valence-electron chi connectivity index (χ4n) is 4.74. The highest BCUT2D eigenvalue weighted by molar-refractivity contribution is 6.10. The smallest absolute Gasteiger partial charge is 0.242 e. The maximum Gasteiger partial charge on any atom is 0.242 e. The van der Waals surface area contributed by atoms with E-state index in [4.69, 9.17) is 0 Å². The van der Waals surface area contributed by atoms with Gasteiger partial charge in [0.25, 0.3) is 0 Å². The Hall–Kier alpha value is -3.48. The van der Waals surface area contributed by atoms with Crippen molar-refractivity contribution >= 4 is 23.6 Å². The molecule has 166 valence electrons. The summed E-state index contributed by atoms with van der Waals surface area (Å²) in [6.45, 7) is 2.63. The Labute approximate surface area is 187 Å². The van der Waals surface area contributed by atoms with Crippen LogP contribution in [-0.2, 0) is 24.6 Å². The summed E-state index contributed by atoms with van der Waals surface area (Å²) >= 11 is 0. The zero-order valence-electron chi connectivity index (χ0n) is 18.3. The largest absolute Gasteiger partial charge is 0.353 e. The van der Waals surface area contributed by atoms with Crippen molar-refractivity contribution in [2.45, 2.75) is 37.6 Å². The van der Waals surface area contributed by atoms with Crippen LogP contribution in [0.3, 0.4) is 0 Å². The molecular weight excluding hydrogens is 406 g/mol. The third-order valence-electron chi connectivity index (χ3n) is 6.58. The molecule has 1 N–H and O–H groups in total. The van der Waals surface area contributed by atoms with E-state index in [1.807, 2.05) is 61.5 Å². The number of hydrogen-bond donors (Lipinski definition) is 1. The number of hydrogen-bond acceptors (Lipinski definition) is 4. The van der Waals surface area contributed by atoms with Crippen LogP contribution in [-0.4, -0.2) is 59.6 Å². The summed E-state index contributed by atoms with van der Waals surface area (Å²) in [6, 6.07) is 16.8. The number of rotatable bonds is 5. The quantitative estimate of drug-likeness (QED) is 0.732. The van der Waals surface area contributed by atoms with Crippen LogP contribution in [0.5, 0.6) is 0 Å². The van der Waals surface area contributed by atoms with Gasteiger partial charge < -0.3 is 10.2 Å². The Morgan fingerprint density at radius 2 is 1.69 bits per heavy atom. The number of nitrogens with zero attached hydrogens (tertiary/aromatic N) is 2. The van der Waals surface area contributed by atoms with Crippen LogP contribution >= 0.6 is 0 Å². The molecule has 0 radical (unpaired) electrons. The predicted molar refractivity (Wildman–Crippen MR) is 119 cm³/mol. The lowest BCUT2D eigenvalue weighted by atomic mass is 9.75. The average molecular weight is 434 g/mol. The van der Waals surface area contributed by atoms with Gasteiger partial charge in [0.05, 0.1) is 5.41 Å². The molecule has 32 heavy (non-hydrogen) atoms. The topological polar surface area (TPSA) is 86.8 Å². The van der Waals surface area contributed by atoms with Crippen molar-refractivity contribution < 1.29 is 19.2 Å². The molecule has 2 heterocycles. The number of carbonyl (C=O) groups excluding carboxylic acids is 4. The first-order valence-corrected chi connectivity index (χ1v) is 10.9. The van der Waals surface area contributed by atoms with E-state index in [0.29, 0.717) is 25.1 Å². The lowest BCUT2D eigenvalue weighted by Crippen LogP contribution is -2.58. The first kappa shape index (κ1) is 21.7. The summed E-state index contributed by atoms with van der Waals surface area (Å²) in [5.74, 6) is -1.15. The summed E-state index contributed by atoms with van der Waals surface area (Å²) in [4.78, 5) is 54.0. The van der Waals surface area contributed by atoms with Crippen molar-refractivity contribution in [3.05, 3.63) is 60.2 Å². The highest BCUT2D eigenvalue weighted by atomic mass is 16.2. The van der Waals surface area contributed by atoms with Crippen molar-refractivity contribution in [3.63, 3.8) is 0 Å². The number of imide groups is 1. The van der Waals surface area contributed by atoms with Gasteiger partial charge in [-0.15, -0.1) is 0 Å². The maximum atomic E-state index is 13.4. The number of likely N-dealkylation sites (tertiary alicyclic amines) is 1. The summed E-state index contributed by atoms with van der Waals surface area (Å²) in [7, 11) is 1.46. The molecule has 2 aliphatic heterocycles. The van der Waals surface area contributed by atoms with Crippen molar-refractivity contribution in [2.75, 3.05) is 20.1 Å². The molecule has 0 aromatic heterocycles. The molecule has 4 rings (SSSR count). The van der Waals surface area contributed by atoms with Crippen LogP contribution in [0.1, 0.15) is 31.7 Å². The van der Waals surface area contributed by atoms with Crippen LogP contribution < -0.4 is 5.32 Å². The number of likely N-dealkylation sites (N-methyl/N-ethyl adjacent to an activating group) is 1. The molecule has 0 bridgehead atoms. The van der Waals surface area contributed by atoms with E-state index >= 15 is 0 Å². The third kappa shape index (κ3) is 3.68. The number of piperazine rings is 1. The maximum absolute atomic E-state index is 13.4. The first-order chi connectivity index (χ1) is 15.4. The van der Waals surface area contributed by atoms with E-state index in [1.165, 1.54) is 7.05 Å². The second kappa shape index (κ2) is 8.57. The van der Waals surface area contributed by atoms with Crippen molar-refractivity contribution in [1.82, 2.24) is 15.1 Å². The fraction of sp³-hybridized carbons (Fsp3) is 0.360. The first-order valence-electron chi connectivity index (χ1n) is 10.9. The molecule has 2 saturated heterocycles. The zero-order chi connectivity index (χ0) is 22.9. The van der Waals surface area contributed by atoms with Crippen LogP contribution in [0.15, 0.2) is 54.6 Å². The molecule has 0 saturated carbocycles. The second-order valence-corrected chi connectivity index (χ2v) is 8.44. The molecule has 2 fully saturated rings. The van der Waals surface area contributed by atoms with Gasteiger partial charge in [-0.25, -0.2) is 0 Å². The molecule has 2 aromatic rings. The van der Waals surface area contributed by atoms with Crippen molar-refractivity contribution in [2.24, 2.45) is 0 Å².